The zero-order chi connectivity index (χ0) is 12.3. The zero-order valence-electron chi connectivity index (χ0n) is 9.73. The molecule has 0 aliphatic heterocycles. The molecule has 0 atom stereocenters. The van der Waals surface area contributed by atoms with Crippen LogP contribution < -0.4 is 5.73 Å². The molecule has 1 aromatic carbocycles. The van der Waals surface area contributed by atoms with Crippen LogP contribution in [0, 0.1) is 5.82 Å². The molecule has 0 unspecified atom stereocenters. The lowest BCUT2D eigenvalue weighted by atomic mass is 10.2. The van der Waals surface area contributed by atoms with Crippen LogP contribution in [0.2, 0.25) is 0 Å². The third-order valence-corrected chi connectivity index (χ3v) is 2.58. The maximum absolute atomic E-state index is 13.2. The van der Waals surface area contributed by atoms with Gasteiger partial charge in [0.2, 0.25) is 0 Å². The summed E-state index contributed by atoms with van der Waals surface area (Å²) < 4.78 is 14.8. The molecule has 0 saturated heterocycles. The smallest absolute Gasteiger partial charge is 0.125 e. The molecule has 1 aromatic heterocycles. The molecule has 2 aromatic rings. The van der Waals surface area contributed by atoms with Crippen molar-refractivity contribution in [2.75, 3.05) is 0 Å². The minimum absolute atomic E-state index is 0.283. The summed E-state index contributed by atoms with van der Waals surface area (Å²) in [6.45, 7) is 2.42. The summed E-state index contributed by atoms with van der Waals surface area (Å²) in [5.74, 6) is -0.283. The lowest BCUT2D eigenvalue weighted by Crippen LogP contribution is -2.06. The maximum Gasteiger partial charge on any atom is 0.125 e. The Balaban J connectivity index is 2.47. The quantitative estimate of drug-likeness (QED) is 0.877. The van der Waals surface area contributed by atoms with Crippen LogP contribution in [0.25, 0.3) is 5.69 Å². The van der Waals surface area contributed by atoms with Gasteiger partial charge in [0, 0.05) is 6.54 Å². The van der Waals surface area contributed by atoms with Crippen LogP contribution in [0.1, 0.15) is 24.7 Å². The number of hydrogen-bond acceptors (Lipinski definition) is 3. The molecule has 17 heavy (non-hydrogen) atoms. The molecule has 5 heteroatoms. The molecule has 0 fully saturated rings. The van der Waals surface area contributed by atoms with Crippen molar-refractivity contribution in [1.29, 1.82) is 0 Å². The van der Waals surface area contributed by atoms with E-state index in [1.54, 1.807) is 16.8 Å². The van der Waals surface area contributed by atoms with Crippen LogP contribution in [-0.2, 0) is 13.0 Å². The van der Waals surface area contributed by atoms with Crippen molar-refractivity contribution in [3.05, 3.63) is 41.5 Å². The summed E-state index contributed by atoms with van der Waals surface area (Å²) in [5.41, 5.74) is 8.03. The van der Waals surface area contributed by atoms with E-state index in [9.17, 15) is 4.39 Å². The molecule has 0 saturated carbocycles. The van der Waals surface area contributed by atoms with E-state index in [2.05, 4.69) is 17.2 Å². The van der Waals surface area contributed by atoms with E-state index in [0.29, 0.717) is 12.2 Å². The van der Waals surface area contributed by atoms with Gasteiger partial charge >= 0.3 is 0 Å². The van der Waals surface area contributed by atoms with Gasteiger partial charge in [-0.2, -0.15) is 0 Å². The van der Waals surface area contributed by atoms with Crippen LogP contribution in [0.15, 0.2) is 24.3 Å². The van der Waals surface area contributed by atoms with Gasteiger partial charge in [0.25, 0.3) is 0 Å². The van der Waals surface area contributed by atoms with Crippen molar-refractivity contribution in [3.8, 4) is 5.69 Å². The molecule has 0 aliphatic carbocycles. The fourth-order valence-electron chi connectivity index (χ4n) is 1.79. The van der Waals surface area contributed by atoms with E-state index in [4.69, 9.17) is 5.73 Å². The predicted molar refractivity (Wildman–Crippen MR) is 63.2 cm³/mol. The molecule has 90 valence electrons. The highest BCUT2D eigenvalue weighted by atomic mass is 19.1. The van der Waals surface area contributed by atoms with Gasteiger partial charge in [0.05, 0.1) is 17.1 Å². The highest BCUT2D eigenvalue weighted by molar-refractivity contribution is 5.33. The summed E-state index contributed by atoms with van der Waals surface area (Å²) in [7, 11) is 0. The average molecular weight is 234 g/mol. The van der Waals surface area contributed by atoms with Crippen LogP contribution in [0.3, 0.4) is 0 Å². The first-order valence-electron chi connectivity index (χ1n) is 5.65. The van der Waals surface area contributed by atoms with Gasteiger partial charge in [-0.1, -0.05) is 24.6 Å². The van der Waals surface area contributed by atoms with Gasteiger partial charge in [-0.25, -0.2) is 9.07 Å². The van der Waals surface area contributed by atoms with E-state index < -0.39 is 0 Å². The zero-order valence-corrected chi connectivity index (χ0v) is 9.73. The lowest BCUT2D eigenvalue weighted by Gasteiger charge is -2.06. The highest BCUT2D eigenvalue weighted by Gasteiger charge is 2.12. The van der Waals surface area contributed by atoms with Crippen molar-refractivity contribution in [3.63, 3.8) is 0 Å². The van der Waals surface area contributed by atoms with Gasteiger partial charge in [-0.15, -0.1) is 5.10 Å². The van der Waals surface area contributed by atoms with Crippen LogP contribution in [-0.4, -0.2) is 15.0 Å². The monoisotopic (exact) mass is 234 g/mol. The molecule has 2 rings (SSSR count). The Hall–Kier alpha value is -1.75. The molecule has 0 aliphatic rings. The Morgan fingerprint density at radius 2 is 2.24 bits per heavy atom. The third-order valence-electron chi connectivity index (χ3n) is 2.58. The fourth-order valence-corrected chi connectivity index (χ4v) is 1.79. The second-order valence-corrected chi connectivity index (χ2v) is 3.83. The highest BCUT2D eigenvalue weighted by Crippen LogP contribution is 2.15. The Labute approximate surface area is 99.2 Å². The number of aromatic nitrogens is 3. The molecular formula is C12H15FN4. The fraction of sp³-hybridized carbons (Fsp3) is 0.333. The van der Waals surface area contributed by atoms with Crippen molar-refractivity contribution < 1.29 is 4.39 Å². The molecular weight excluding hydrogens is 219 g/mol. The number of rotatable bonds is 4. The number of hydrogen-bond donors (Lipinski definition) is 1. The normalized spacial score (nSPS) is 10.8. The van der Waals surface area contributed by atoms with Crippen LogP contribution >= 0.6 is 0 Å². The first kappa shape index (κ1) is 11.7. The molecule has 0 spiro atoms. The SMILES string of the molecule is CCCc1c(CN)nnn1-c1cccc(F)c1. The average Bonchev–Trinajstić information content (AvgIpc) is 2.72. The summed E-state index contributed by atoms with van der Waals surface area (Å²) in [6, 6.07) is 6.30. The summed E-state index contributed by atoms with van der Waals surface area (Å²) in [4.78, 5) is 0. The predicted octanol–water partition coefficient (Wildman–Crippen LogP) is 1.82. The largest absolute Gasteiger partial charge is 0.325 e. The van der Waals surface area contributed by atoms with Gasteiger partial charge in [0.1, 0.15) is 5.82 Å². The molecule has 2 N–H and O–H groups in total. The van der Waals surface area contributed by atoms with E-state index in [-0.39, 0.29) is 5.82 Å². The van der Waals surface area contributed by atoms with E-state index in [1.165, 1.54) is 12.1 Å². The van der Waals surface area contributed by atoms with Crippen molar-refractivity contribution >= 4 is 0 Å². The Kier molecular flexibility index (Phi) is 3.49. The lowest BCUT2D eigenvalue weighted by molar-refractivity contribution is 0.623. The Bertz CT molecular complexity index is 507. The summed E-state index contributed by atoms with van der Waals surface area (Å²) in [6.07, 6.45) is 1.80. The maximum atomic E-state index is 13.2. The Morgan fingerprint density at radius 3 is 2.88 bits per heavy atom. The first-order valence-corrected chi connectivity index (χ1v) is 5.65. The number of benzene rings is 1. The molecule has 0 amide bonds. The molecule has 0 bridgehead atoms. The van der Waals surface area contributed by atoms with Crippen LogP contribution in [0.5, 0.6) is 0 Å². The third kappa shape index (κ3) is 2.34. The van der Waals surface area contributed by atoms with Gasteiger partial charge < -0.3 is 5.73 Å². The van der Waals surface area contributed by atoms with E-state index >= 15 is 0 Å². The number of halogens is 1. The topological polar surface area (TPSA) is 56.7 Å². The second kappa shape index (κ2) is 5.05. The first-order chi connectivity index (χ1) is 8.26. The van der Waals surface area contributed by atoms with Gasteiger partial charge in [0.15, 0.2) is 0 Å². The van der Waals surface area contributed by atoms with E-state index in [1.807, 2.05) is 0 Å². The standard InChI is InChI=1S/C12H15FN4/c1-2-4-12-11(8-14)15-16-17(12)10-6-3-5-9(13)7-10/h3,5-7H,2,4,8,14H2,1H3. The second-order valence-electron chi connectivity index (χ2n) is 3.83. The van der Waals surface area contributed by atoms with E-state index in [0.717, 1.165) is 24.2 Å². The van der Waals surface area contributed by atoms with Crippen molar-refractivity contribution in [1.82, 2.24) is 15.0 Å². The van der Waals surface area contributed by atoms with Gasteiger partial charge in [-0.05, 0) is 24.6 Å². The number of nitrogens with two attached hydrogens (primary N) is 1. The summed E-state index contributed by atoms with van der Waals surface area (Å²) in [5, 5.41) is 8.06. The molecule has 0 radical (unpaired) electrons. The minimum atomic E-state index is -0.283. The minimum Gasteiger partial charge on any atom is -0.325 e. The van der Waals surface area contributed by atoms with Crippen molar-refractivity contribution in [2.24, 2.45) is 5.73 Å². The van der Waals surface area contributed by atoms with Crippen molar-refractivity contribution in [2.45, 2.75) is 26.3 Å². The Morgan fingerprint density at radius 1 is 1.41 bits per heavy atom. The van der Waals surface area contributed by atoms with Gasteiger partial charge in [-0.3, -0.25) is 0 Å². The number of nitrogens with zero attached hydrogens (tertiary/aromatic N) is 3. The molecule has 1 heterocycles. The van der Waals surface area contributed by atoms with Crippen LogP contribution in [0.4, 0.5) is 4.39 Å². The molecule has 4 nitrogen and oxygen atoms in total. The summed E-state index contributed by atoms with van der Waals surface area (Å²) >= 11 is 0.